The zero-order chi connectivity index (χ0) is 8.27. The lowest BCUT2D eigenvalue weighted by atomic mass is 10.3. The molecule has 0 aromatic heterocycles. The Balaban J connectivity index is 2.96. The third-order valence-electron chi connectivity index (χ3n) is 1.12. The van der Waals surface area contributed by atoms with Crippen molar-refractivity contribution in [2.45, 2.75) is 4.90 Å². The first-order valence-electron chi connectivity index (χ1n) is 2.94. The zero-order valence-corrected chi connectivity index (χ0v) is 7.45. The Kier molecular flexibility index (Phi) is 3.05. The van der Waals surface area contributed by atoms with Gasteiger partial charge in [0.05, 0.1) is 17.0 Å². The van der Waals surface area contributed by atoms with E-state index in [1.54, 1.807) is 19.2 Å². The van der Waals surface area contributed by atoms with E-state index in [2.05, 4.69) is 0 Å². The van der Waals surface area contributed by atoms with Crippen LogP contribution in [0.2, 0.25) is 5.02 Å². The fourth-order valence-corrected chi connectivity index (χ4v) is 1.37. The maximum Gasteiger partial charge on any atom is 0.135 e. The highest BCUT2D eigenvalue weighted by Gasteiger charge is 2.04. The van der Waals surface area contributed by atoms with E-state index >= 15 is 0 Å². The molecule has 0 saturated carbocycles. The van der Waals surface area contributed by atoms with Crippen molar-refractivity contribution in [1.29, 1.82) is 0 Å². The van der Waals surface area contributed by atoms with Crippen molar-refractivity contribution < 1.29 is 9.29 Å². The molecule has 0 amide bonds. The number of phenols is 1. The number of aromatic hydroxyl groups is 1. The highest BCUT2D eigenvalue weighted by molar-refractivity contribution is 7.94. The van der Waals surface area contributed by atoms with Gasteiger partial charge in [-0.2, -0.15) is 0 Å². The Morgan fingerprint density at radius 1 is 1.55 bits per heavy atom. The summed E-state index contributed by atoms with van der Waals surface area (Å²) in [6.07, 6.45) is 0. The van der Waals surface area contributed by atoms with Gasteiger partial charge in [0.15, 0.2) is 0 Å². The minimum absolute atomic E-state index is 0.0775. The first kappa shape index (κ1) is 8.71. The van der Waals surface area contributed by atoms with Crippen LogP contribution < -0.4 is 0 Å². The van der Waals surface area contributed by atoms with Gasteiger partial charge in [0.2, 0.25) is 0 Å². The normalized spacial score (nSPS) is 10.0. The van der Waals surface area contributed by atoms with Gasteiger partial charge in [0.25, 0.3) is 0 Å². The summed E-state index contributed by atoms with van der Waals surface area (Å²) in [5.41, 5.74) is 0. The largest absolute Gasteiger partial charge is 0.506 e. The molecule has 0 aliphatic carbocycles. The predicted molar refractivity (Wildman–Crippen MR) is 46.0 cm³/mol. The molecule has 1 rings (SSSR count). The number of hydrogen-bond acceptors (Lipinski definition) is 3. The van der Waals surface area contributed by atoms with Crippen molar-refractivity contribution in [3.8, 4) is 5.75 Å². The zero-order valence-electron chi connectivity index (χ0n) is 5.87. The van der Waals surface area contributed by atoms with Gasteiger partial charge in [-0.05, 0) is 12.1 Å². The van der Waals surface area contributed by atoms with Gasteiger partial charge < -0.3 is 9.29 Å². The lowest BCUT2D eigenvalue weighted by molar-refractivity contribution is 0.471. The van der Waals surface area contributed by atoms with E-state index in [4.69, 9.17) is 20.9 Å². The molecule has 0 saturated heterocycles. The smallest absolute Gasteiger partial charge is 0.135 e. The average Bonchev–Trinajstić information content (AvgIpc) is 1.99. The first-order valence-corrected chi connectivity index (χ1v) is 4.06. The van der Waals surface area contributed by atoms with E-state index in [0.29, 0.717) is 9.92 Å². The van der Waals surface area contributed by atoms with E-state index < -0.39 is 0 Å². The van der Waals surface area contributed by atoms with Gasteiger partial charge in [0, 0.05) is 12.0 Å². The Hall–Kier alpha value is -0.380. The highest BCUT2D eigenvalue weighted by atomic mass is 35.5. The second kappa shape index (κ2) is 3.85. The summed E-state index contributed by atoms with van der Waals surface area (Å²) < 4.78 is 4.78. The van der Waals surface area contributed by atoms with Crippen molar-refractivity contribution in [2.75, 3.05) is 7.11 Å². The molecule has 0 radical (unpaired) electrons. The molecule has 0 atom stereocenters. The lowest BCUT2D eigenvalue weighted by Gasteiger charge is -2.01. The van der Waals surface area contributed by atoms with Crippen LogP contribution in [0.4, 0.5) is 0 Å². The summed E-state index contributed by atoms with van der Waals surface area (Å²) in [7, 11) is 1.55. The van der Waals surface area contributed by atoms with E-state index in [9.17, 15) is 0 Å². The number of phenolic OH excluding ortho intramolecular Hbond substituents is 1. The van der Waals surface area contributed by atoms with Crippen molar-refractivity contribution in [3.63, 3.8) is 0 Å². The molecule has 0 bridgehead atoms. The number of rotatable bonds is 2. The van der Waals surface area contributed by atoms with Crippen molar-refractivity contribution in [2.24, 2.45) is 0 Å². The fourth-order valence-electron chi connectivity index (χ4n) is 0.653. The predicted octanol–water partition coefficient (Wildman–Crippen LogP) is 2.70. The minimum atomic E-state index is 0.0775. The second-order valence-electron chi connectivity index (χ2n) is 1.84. The Bertz CT molecular complexity index is 252. The number of halogens is 1. The van der Waals surface area contributed by atoms with Crippen molar-refractivity contribution in [3.05, 3.63) is 23.2 Å². The van der Waals surface area contributed by atoms with Crippen molar-refractivity contribution in [1.82, 2.24) is 0 Å². The SMILES string of the molecule is COSc1cccc(O)c1Cl. The topological polar surface area (TPSA) is 29.5 Å². The molecule has 0 aliphatic rings. The third kappa shape index (κ3) is 2.02. The van der Waals surface area contributed by atoms with Crippen LogP contribution in [0.25, 0.3) is 0 Å². The molecule has 4 heteroatoms. The third-order valence-corrected chi connectivity index (χ3v) is 2.31. The van der Waals surface area contributed by atoms with Crippen LogP contribution in [0.3, 0.4) is 0 Å². The first-order chi connectivity index (χ1) is 5.25. The monoisotopic (exact) mass is 190 g/mol. The standard InChI is InChI=1S/C7H7ClO2S/c1-10-11-6-4-2-3-5(9)7(6)8/h2-4,9H,1H3. The summed E-state index contributed by atoms with van der Waals surface area (Å²) >= 11 is 6.85. The van der Waals surface area contributed by atoms with Gasteiger partial charge in [-0.1, -0.05) is 17.7 Å². The van der Waals surface area contributed by atoms with E-state index in [1.807, 2.05) is 0 Å². The van der Waals surface area contributed by atoms with Crippen LogP contribution in [0.5, 0.6) is 5.75 Å². The van der Waals surface area contributed by atoms with Gasteiger partial charge >= 0.3 is 0 Å². The van der Waals surface area contributed by atoms with Crippen LogP contribution >= 0.6 is 23.6 Å². The highest BCUT2D eigenvalue weighted by Crippen LogP contribution is 2.33. The molecule has 0 unspecified atom stereocenters. The Labute approximate surface area is 74.3 Å². The summed E-state index contributed by atoms with van der Waals surface area (Å²) in [4.78, 5) is 0.717. The van der Waals surface area contributed by atoms with E-state index in [0.717, 1.165) is 12.0 Å². The molecule has 11 heavy (non-hydrogen) atoms. The molecule has 2 nitrogen and oxygen atoms in total. The molecule has 1 aromatic rings. The molecular formula is C7H7ClO2S. The summed E-state index contributed by atoms with van der Waals surface area (Å²) in [5.74, 6) is 0.0775. The summed E-state index contributed by atoms with van der Waals surface area (Å²) in [6, 6.07) is 5.01. The van der Waals surface area contributed by atoms with Crippen molar-refractivity contribution >= 4 is 23.6 Å². The minimum Gasteiger partial charge on any atom is -0.506 e. The fraction of sp³-hybridized carbons (Fsp3) is 0.143. The molecule has 0 spiro atoms. The molecule has 0 aliphatic heterocycles. The van der Waals surface area contributed by atoms with Crippen LogP contribution in [0, 0.1) is 0 Å². The van der Waals surface area contributed by atoms with Crippen LogP contribution in [-0.4, -0.2) is 12.2 Å². The van der Waals surface area contributed by atoms with Gasteiger partial charge in [-0.3, -0.25) is 0 Å². The van der Waals surface area contributed by atoms with Gasteiger partial charge in [0.1, 0.15) is 5.75 Å². The molecule has 0 heterocycles. The molecule has 0 fully saturated rings. The maximum atomic E-state index is 9.13. The molecule has 60 valence electrons. The maximum absolute atomic E-state index is 9.13. The number of benzene rings is 1. The summed E-state index contributed by atoms with van der Waals surface area (Å²) in [6.45, 7) is 0. The van der Waals surface area contributed by atoms with Crippen LogP contribution in [0.1, 0.15) is 0 Å². The van der Waals surface area contributed by atoms with Crippen LogP contribution in [-0.2, 0) is 4.18 Å². The quantitative estimate of drug-likeness (QED) is 0.728. The second-order valence-corrected chi connectivity index (χ2v) is 3.16. The Morgan fingerprint density at radius 3 is 2.91 bits per heavy atom. The Morgan fingerprint density at radius 2 is 2.27 bits per heavy atom. The van der Waals surface area contributed by atoms with E-state index in [1.165, 1.54) is 6.07 Å². The van der Waals surface area contributed by atoms with Gasteiger partial charge in [-0.25, -0.2) is 0 Å². The molecule has 1 N–H and O–H groups in total. The average molecular weight is 191 g/mol. The van der Waals surface area contributed by atoms with Gasteiger partial charge in [-0.15, -0.1) is 0 Å². The lowest BCUT2D eigenvalue weighted by Crippen LogP contribution is -1.75. The number of hydrogen-bond donors (Lipinski definition) is 1. The summed E-state index contributed by atoms with van der Waals surface area (Å²) in [5, 5.41) is 9.46. The van der Waals surface area contributed by atoms with Crippen LogP contribution in [0.15, 0.2) is 23.1 Å². The molecule has 1 aromatic carbocycles. The van der Waals surface area contributed by atoms with E-state index in [-0.39, 0.29) is 5.75 Å². The molecular weight excluding hydrogens is 184 g/mol.